The average Bonchev–Trinajstić information content (AvgIpc) is 2.61. The van der Waals surface area contributed by atoms with Crippen molar-refractivity contribution in [3.63, 3.8) is 0 Å². The van der Waals surface area contributed by atoms with E-state index in [1.807, 2.05) is 26.0 Å². The highest BCUT2D eigenvalue weighted by Gasteiger charge is 2.38. The zero-order valence-corrected chi connectivity index (χ0v) is 12.1. The van der Waals surface area contributed by atoms with E-state index in [-0.39, 0.29) is 17.9 Å². The van der Waals surface area contributed by atoms with E-state index < -0.39 is 0 Å². The molecular weight excluding hydrogens is 254 g/mol. The third kappa shape index (κ3) is 1.66. The summed E-state index contributed by atoms with van der Waals surface area (Å²) in [5.74, 6) is 0.522. The second kappa shape index (κ2) is 4.16. The predicted octanol–water partition coefficient (Wildman–Crippen LogP) is 1.52. The number of fused-ring (bicyclic) bond motifs is 3. The third-order valence-corrected chi connectivity index (χ3v) is 3.99. The van der Waals surface area contributed by atoms with Gasteiger partial charge in [0.25, 0.3) is 11.8 Å². The summed E-state index contributed by atoms with van der Waals surface area (Å²) in [6.45, 7) is 6.10. The van der Waals surface area contributed by atoms with Gasteiger partial charge in [-0.15, -0.1) is 0 Å². The minimum Gasteiger partial charge on any atom is -0.334 e. The Bertz CT molecular complexity index is 663. The highest BCUT2D eigenvalue weighted by Crippen LogP contribution is 2.31. The van der Waals surface area contributed by atoms with Crippen LogP contribution in [0.1, 0.15) is 28.4 Å². The maximum Gasteiger partial charge on any atom is 0.257 e. The second-order valence-corrected chi connectivity index (χ2v) is 5.51. The summed E-state index contributed by atoms with van der Waals surface area (Å²) in [5, 5.41) is 0. The van der Waals surface area contributed by atoms with Gasteiger partial charge in [0.05, 0.1) is 17.8 Å². The van der Waals surface area contributed by atoms with Gasteiger partial charge in [0.2, 0.25) is 0 Å². The number of hydrogen-bond acceptors (Lipinski definition) is 3. The molecule has 2 heterocycles. The van der Waals surface area contributed by atoms with E-state index in [1.165, 1.54) is 0 Å². The van der Waals surface area contributed by atoms with Crippen molar-refractivity contribution in [1.29, 1.82) is 0 Å². The molecule has 0 N–H and O–H groups in total. The molecule has 1 atom stereocenters. The first-order valence-electron chi connectivity index (χ1n) is 6.67. The Morgan fingerprint density at radius 3 is 2.55 bits per heavy atom. The summed E-state index contributed by atoms with van der Waals surface area (Å²) >= 11 is 0. The molecule has 1 aromatic carbocycles. The first-order valence-corrected chi connectivity index (χ1v) is 6.67. The van der Waals surface area contributed by atoms with Crippen molar-refractivity contribution in [2.24, 2.45) is 4.99 Å². The highest BCUT2D eigenvalue weighted by atomic mass is 16.2. The molecule has 0 spiro atoms. The molecule has 104 valence electrons. The molecule has 0 saturated carbocycles. The van der Waals surface area contributed by atoms with Gasteiger partial charge in [0, 0.05) is 7.05 Å². The van der Waals surface area contributed by atoms with Crippen LogP contribution in [0.15, 0.2) is 17.1 Å². The molecule has 0 aliphatic carbocycles. The van der Waals surface area contributed by atoms with Crippen molar-refractivity contribution in [1.82, 2.24) is 4.90 Å². The summed E-state index contributed by atoms with van der Waals surface area (Å²) in [6, 6.07) is 3.40. The molecule has 0 aromatic heterocycles. The van der Waals surface area contributed by atoms with Gasteiger partial charge in [-0.2, -0.15) is 0 Å². The number of amidine groups is 1. The van der Waals surface area contributed by atoms with E-state index >= 15 is 0 Å². The van der Waals surface area contributed by atoms with Crippen LogP contribution < -0.4 is 4.90 Å². The number of amides is 2. The Morgan fingerprint density at radius 1 is 1.20 bits per heavy atom. The molecule has 3 rings (SSSR count). The number of anilines is 1. The molecule has 5 heteroatoms. The first-order chi connectivity index (χ1) is 9.40. The number of benzene rings is 1. The minimum absolute atomic E-state index is 0.0624. The van der Waals surface area contributed by atoms with Gasteiger partial charge in [-0.25, -0.2) is 0 Å². The molecule has 0 saturated heterocycles. The topological polar surface area (TPSA) is 53.0 Å². The van der Waals surface area contributed by atoms with Crippen molar-refractivity contribution in [3.05, 3.63) is 28.8 Å². The fourth-order valence-corrected chi connectivity index (χ4v) is 2.67. The molecule has 0 fully saturated rings. The van der Waals surface area contributed by atoms with Crippen LogP contribution in [0.4, 0.5) is 5.69 Å². The largest absolute Gasteiger partial charge is 0.334 e. The normalized spacial score (nSPS) is 21.6. The molecule has 2 aliphatic heterocycles. The molecule has 5 nitrogen and oxygen atoms in total. The van der Waals surface area contributed by atoms with Gasteiger partial charge >= 0.3 is 0 Å². The third-order valence-electron chi connectivity index (χ3n) is 3.99. The smallest absolute Gasteiger partial charge is 0.257 e. The van der Waals surface area contributed by atoms with Gasteiger partial charge in [-0.05, 0) is 44.0 Å². The maximum atomic E-state index is 12.5. The zero-order valence-electron chi connectivity index (χ0n) is 12.1. The Kier molecular flexibility index (Phi) is 2.67. The zero-order chi connectivity index (χ0) is 14.6. The molecule has 2 amide bonds. The molecule has 1 aromatic rings. The minimum atomic E-state index is -0.374. The quantitative estimate of drug-likeness (QED) is 0.718. The Morgan fingerprint density at radius 2 is 1.85 bits per heavy atom. The van der Waals surface area contributed by atoms with E-state index in [1.54, 1.807) is 23.8 Å². The van der Waals surface area contributed by atoms with Gasteiger partial charge in [0.1, 0.15) is 11.9 Å². The Hall–Kier alpha value is -2.17. The lowest BCUT2D eigenvalue weighted by Gasteiger charge is -2.19. The van der Waals surface area contributed by atoms with Crippen LogP contribution >= 0.6 is 0 Å². The molecular formula is C15H17N3O2. The van der Waals surface area contributed by atoms with Crippen molar-refractivity contribution in [2.45, 2.75) is 26.8 Å². The second-order valence-electron chi connectivity index (χ2n) is 5.51. The number of likely N-dealkylation sites (N-methyl/N-ethyl adjacent to an activating group) is 1. The molecule has 20 heavy (non-hydrogen) atoms. The molecule has 0 bridgehead atoms. The highest BCUT2D eigenvalue weighted by molar-refractivity contribution is 6.27. The number of rotatable bonds is 0. The Labute approximate surface area is 117 Å². The van der Waals surface area contributed by atoms with Crippen molar-refractivity contribution >= 4 is 23.3 Å². The SMILES string of the molecule is Cc1cc2c(cc1C)N1C(=O)C(C)N=C1CN(C)C2=O. The van der Waals surface area contributed by atoms with Crippen LogP contribution in [-0.2, 0) is 4.79 Å². The van der Waals surface area contributed by atoms with Gasteiger partial charge in [0.15, 0.2) is 0 Å². The number of carbonyl (C=O) groups is 2. The number of carbonyl (C=O) groups excluding carboxylic acids is 2. The van der Waals surface area contributed by atoms with Crippen LogP contribution in [0.25, 0.3) is 0 Å². The number of aryl methyl sites for hydroxylation is 2. The lowest BCUT2D eigenvalue weighted by Crippen LogP contribution is -2.38. The van der Waals surface area contributed by atoms with Crippen molar-refractivity contribution in [2.75, 3.05) is 18.5 Å². The van der Waals surface area contributed by atoms with Crippen LogP contribution in [0.5, 0.6) is 0 Å². The van der Waals surface area contributed by atoms with Crippen molar-refractivity contribution < 1.29 is 9.59 Å². The van der Waals surface area contributed by atoms with E-state index in [0.717, 1.165) is 11.1 Å². The van der Waals surface area contributed by atoms with E-state index in [2.05, 4.69) is 4.99 Å². The van der Waals surface area contributed by atoms with Crippen LogP contribution in [-0.4, -0.2) is 42.2 Å². The standard InChI is InChI=1S/C15H17N3O2/c1-8-5-11-12(6-9(8)2)18-13(7-17(4)15(11)20)16-10(3)14(18)19/h5-6,10H,7H2,1-4H3. The summed E-state index contributed by atoms with van der Waals surface area (Å²) in [4.78, 5) is 32.4. The molecule has 1 unspecified atom stereocenters. The summed E-state index contributed by atoms with van der Waals surface area (Å²) in [5.41, 5.74) is 3.34. The fourth-order valence-electron chi connectivity index (χ4n) is 2.67. The monoisotopic (exact) mass is 271 g/mol. The van der Waals surface area contributed by atoms with E-state index in [9.17, 15) is 9.59 Å². The number of nitrogens with zero attached hydrogens (tertiary/aromatic N) is 3. The summed E-state index contributed by atoms with van der Waals surface area (Å²) in [7, 11) is 1.74. The van der Waals surface area contributed by atoms with Crippen molar-refractivity contribution in [3.8, 4) is 0 Å². The van der Waals surface area contributed by atoms with Gasteiger partial charge in [-0.3, -0.25) is 19.5 Å². The number of hydrogen-bond donors (Lipinski definition) is 0. The maximum absolute atomic E-state index is 12.5. The summed E-state index contributed by atoms with van der Waals surface area (Å²) in [6.07, 6.45) is 0. The lowest BCUT2D eigenvalue weighted by atomic mass is 10.0. The fraction of sp³-hybridized carbons (Fsp3) is 0.400. The van der Waals surface area contributed by atoms with Crippen LogP contribution in [0.2, 0.25) is 0 Å². The van der Waals surface area contributed by atoms with Gasteiger partial charge < -0.3 is 4.90 Å². The van der Waals surface area contributed by atoms with Crippen LogP contribution in [0.3, 0.4) is 0 Å². The average molecular weight is 271 g/mol. The van der Waals surface area contributed by atoms with E-state index in [4.69, 9.17) is 0 Å². The first kappa shape index (κ1) is 12.8. The Balaban J connectivity index is 2.27. The van der Waals surface area contributed by atoms with Gasteiger partial charge in [-0.1, -0.05) is 0 Å². The molecule has 0 radical (unpaired) electrons. The van der Waals surface area contributed by atoms with E-state index in [0.29, 0.717) is 23.6 Å². The lowest BCUT2D eigenvalue weighted by molar-refractivity contribution is -0.117. The summed E-state index contributed by atoms with van der Waals surface area (Å²) < 4.78 is 0. The van der Waals surface area contributed by atoms with Crippen LogP contribution in [0, 0.1) is 13.8 Å². The molecule has 2 aliphatic rings. The predicted molar refractivity (Wildman–Crippen MR) is 77.3 cm³/mol. The number of aliphatic imine (C=N–C) groups is 1.